The molecule has 0 unspecified atom stereocenters. The highest BCUT2D eigenvalue weighted by molar-refractivity contribution is 5.98. The minimum absolute atomic E-state index is 0.0159. The number of hydrogen-bond donors (Lipinski definition) is 1. The van der Waals surface area contributed by atoms with Crippen LogP contribution in [-0.2, 0) is 13.5 Å². The lowest BCUT2D eigenvalue weighted by Gasteiger charge is -2.06. The second-order valence-electron chi connectivity index (χ2n) is 5.69. The summed E-state index contributed by atoms with van der Waals surface area (Å²) < 4.78 is 2.05. The average Bonchev–Trinajstić information content (AvgIpc) is 2.90. The number of amides is 1. The molecule has 112 valence electrons. The van der Waals surface area contributed by atoms with Crippen LogP contribution in [0, 0.1) is 6.92 Å². The van der Waals surface area contributed by atoms with E-state index in [0.717, 1.165) is 17.3 Å². The second-order valence-corrected chi connectivity index (χ2v) is 5.69. The quantitative estimate of drug-likeness (QED) is 0.785. The zero-order valence-corrected chi connectivity index (χ0v) is 13.0. The maximum Gasteiger partial charge on any atom is 0.251 e. The van der Waals surface area contributed by atoms with Crippen molar-refractivity contribution < 1.29 is 4.79 Å². The van der Waals surface area contributed by atoms with Gasteiger partial charge in [0.2, 0.25) is 0 Å². The molecule has 2 aromatic carbocycles. The molecule has 22 heavy (non-hydrogen) atoms. The van der Waals surface area contributed by atoms with Crippen molar-refractivity contribution in [1.29, 1.82) is 0 Å². The molecule has 0 atom stereocenters. The molecule has 0 bridgehead atoms. The van der Waals surface area contributed by atoms with Crippen molar-refractivity contribution in [1.82, 2.24) is 9.88 Å². The summed E-state index contributed by atoms with van der Waals surface area (Å²) in [5.41, 5.74) is 4.34. The Morgan fingerprint density at radius 1 is 1.09 bits per heavy atom. The zero-order chi connectivity index (χ0) is 15.5. The third kappa shape index (κ3) is 3.03. The molecule has 3 rings (SSSR count). The molecule has 0 spiro atoms. The fourth-order valence-electron chi connectivity index (χ4n) is 2.60. The summed E-state index contributed by atoms with van der Waals surface area (Å²) in [5.74, 6) is -0.0159. The van der Waals surface area contributed by atoms with Crippen LogP contribution in [0.25, 0.3) is 10.9 Å². The van der Waals surface area contributed by atoms with Crippen LogP contribution in [0.1, 0.15) is 21.5 Å². The van der Waals surface area contributed by atoms with E-state index in [1.165, 1.54) is 11.1 Å². The van der Waals surface area contributed by atoms with Crippen molar-refractivity contribution in [2.24, 2.45) is 7.05 Å². The summed E-state index contributed by atoms with van der Waals surface area (Å²) in [4.78, 5) is 12.2. The van der Waals surface area contributed by atoms with E-state index < -0.39 is 0 Å². The Kier molecular flexibility index (Phi) is 3.96. The van der Waals surface area contributed by atoms with Crippen LogP contribution in [0.3, 0.4) is 0 Å². The van der Waals surface area contributed by atoms with Gasteiger partial charge in [-0.1, -0.05) is 29.8 Å². The predicted octanol–water partition coefficient (Wildman–Crippen LogP) is 3.46. The summed E-state index contributed by atoms with van der Waals surface area (Å²) in [6.45, 7) is 2.72. The molecule has 0 aliphatic rings. The smallest absolute Gasteiger partial charge is 0.251 e. The first-order valence-electron chi connectivity index (χ1n) is 7.52. The molecule has 0 aliphatic carbocycles. The number of hydrogen-bond acceptors (Lipinski definition) is 1. The van der Waals surface area contributed by atoms with E-state index >= 15 is 0 Å². The van der Waals surface area contributed by atoms with Gasteiger partial charge in [-0.25, -0.2) is 0 Å². The molecular formula is C19H20N2O. The van der Waals surface area contributed by atoms with Gasteiger partial charge in [0.15, 0.2) is 0 Å². The average molecular weight is 292 g/mol. The number of carbonyl (C=O) groups excluding carboxylic acids is 1. The molecule has 1 aromatic heterocycles. The Bertz CT molecular complexity index is 800. The third-order valence-electron chi connectivity index (χ3n) is 3.97. The number of aryl methyl sites for hydroxylation is 2. The number of fused-ring (bicyclic) bond motifs is 1. The van der Waals surface area contributed by atoms with Gasteiger partial charge >= 0.3 is 0 Å². The van der Waals surface area contributed by atoms with Crippen LogP contribution >= 0.6 is 0 Å². The van der Waals surface area contributed by atoms with Gasteiger partial charge in [-0.3, -0.25) is 4.79 Å². The summed E-state index contributed by atoms with van der Waals surface area (Å²) in [7, 11) is 2.00. The lowest BCUT2D eigenvalue weighted by Crippen LogP contribution is -2.25. The summed E-state index contributed by atoms with van der Waals surface area (Å²) >= 11 is 0. The number of nitrogens with one attached hydrogen (secondary N) is 1. The first kappa shape index (κ1) is 14.4. The van der Waals surface area contributed by atoms with Gasteiger partial charge in [-0.05, 0) is 43.2 Å². The van der Waals surface area contributed by atoms with E-state index in [9.17, 15) is 4.79 Å². The van der Waals surface area contributed by atoms with Crippen LogP contribution in [-0.4, -0.2) is 17.0 Å². The van der Waals surface area contributed by atoms with Crippen molar-refractivity contribution in [2.45, 2.75) is 13.3 Å². The molecule has 1 heterocycles. The van der Waals surface area contributed by atoms with E-state index in [1.54, 1.807) is 0 Å². The number of benzene rings is 2. The molecule has 1 amide bonds. The Hall–Kier alpha value is -2.55. The van der Waals surface area contributed by atoms with Crippen LogP contribution in [0.5, 0.6) is 0 Å². The van der Waals surface area contributed by atoms with E-state index in [4.69, 9.17) is 0 Å². The predicted molar refractivity (Wildman–Crippen MR) is 90.1 cm³/mol. The Labute approximate surface area is 130 Å². The fourth-order valence-corrected chi connectivity index (χ4v) is 2.60. The van der Waals surface area contributed by atoms with E-state index in [-0.39, 0.29) is 5.91 Å². The lowest BCUT2D eigenvalue weighted by molar-refractivity contribution is 0.0954. The van der Waals surface area contributed by atoms with Crippen LogP contribution in [0.4, 0.5) is 0 Å². The minimum atomic E-state index is -0.0159. The van der Waals surface area contributed by atoms with Crippen LogP contribution in [0.2, 0.25) is 0 Å². The van der Waals surface area contributed by atoms with E-state index in [0.29, 0.717) is 12.1 Å². The number of rotatable bonds is 4. The van der Waals surface area contributed by atoms with Gasteiger partial charge in [0.25, 0.3) is 5.91 Å². The normalized spacial score (nSPS) is 10.8. The lowest BCUT2D eigenvalue weighted by atomic mass is 10.1. The standard InChI is InChI=1S/C19H20N2O/c1-14-3-5-15(6-4-14)9-11-20-19(22)17-7-8-18-16(13-17)10-12-21(18)2/h3-8,10,12-13H,9,11H2,1-2H3,(H,20,22). The Balaban J connectivity index is 1.62. The SMILES string of the molecule is Cc1ccc(CCNC(=O)c2ccc3c(ccn3C)c2)cc1. The molecule has 1 N–H and O–H groups in total. The van der Waals surface area contributed by atoms with Gasteiger partial charge in [0, 0.05) is 36.3 Å². The largest absolute Gasteiger partial charge is 0.352 e. The molecule has 3 nitrogen and oxygen atoms in total. The van der Waals surface area contributed by atoms with Crippen LogP contribution in [0.15, 0.2) is 54.7 Å². The zero-order valence-electron chi connectivity index (χ0n) is 13.0. The maximum atomic E-state index is 12.2. The monoisotopic (exact) mass is 292 g/mol. The fraction of sp³-hybridized carbons (Fsp3) is 0.211. The van der Waals surface area contributed by atoms with Gasteiger partial charge in [0.05, 0.1) is 0 Å². The third-order valence-corrected chi connectivity index (χ3v) is 3.97. The molecule has 0 fully saturated rings. The minimum Gasteiger partial charge on any atom is -0.352 e. The molecule has 0 radical (unpaired) electrons. The molecule has 0 aliphatic heterocycles. The van der Waals surface area contributed by atoms with Crippen molar-refractivity contribution in [3.63, 3.8) is 0 Å². The van der Waals surface area contributed by atoms with Crippen molar-refractivity contribution in [3.8, 4) is 0 Å². The highest BCUT2D eigenvalue weighted by atomic mass is 16.1. The Morgan fingerprint density at radius 2 is 1.86 bits per heavy atom. The van der Waals surface area contributed by atoms with Gasteiger partial charge in [-0.2, -0.15) is 0 Å². The van der Waals surface area contributed by atoms with E-state index in [1.807, 2.05) is 37.5 Å². The Morgan fingerprint density at radius 3 is 2.64 bits per heavy atom. The maximum absolute atomic E-state index is 12.2. The first-order chi connectivity index (χ1) is 10.6. The number of carbonyl (C=O) groups is 1. The number of aromatic nitrogens is 1. The topological polar surface area (TPSA) is 34.0 Å². The van der Waals surface area contributed by atoms with Crippen LogP contribution < -0.4 is 5.32 Å². The summed E-state index contributed by atoms with van der Waals surface area (Å²) in [6.07, 6.45) is 2.85. The van der Waals surface area contributed by atoms with Gasteiger partial charge in [0.1, 0.15) is 0 Å². The molecular weight excluding hydrogens is 272 g/mol. The molecule has 0 saturated carbocycles. The van der Waals surface area contributed by atoms with E-state index in [2.05, 4.69) is 41.1 Å². The van der Waals surface area contributed by atoms with Crippen molar-refractivity contribution in [2.75, 3.05) is 6.54 Å². The van der Waals surface area contributed by atoms with Gasteiger partial charge < -0.3 is 9.88 Å². The second kappa shape index (κ2) is 6.06. The molecule has 3 aromatic rings. The van der Waals surface area contributed by atoms with Gasteiger partial charge in [-0.15, -0.1) is 0 Å². The highest BCUT2D eigenvalue weighted by Gasteiger charge is 2.07. The number of nitrogens with zero attached hydrogens (tertiary/aromatic N) is 1. The first-order valence-corrected chi connectivity index (χ1v) is 7.52. The molecule has 0 saturated heterocycles. The highest BCUT2D eigenvalue weighted by Crippen LogP contribution is 2.16. The summed E-state index contributed by atoms with van der Waals surface area (Å²) in [5, 5.41) is 4.08. The summed E-state index contributed by atoms with van der Waals surface area (Å²) in [6, 6.07) is 16.2. The van der Waals surface area contributed by atoms with Crippen molar-refractivity contribution in [3.05, 3.63) is 71.4 Å². The van der Waals surface area contributed by atoms with Crippen molar-refractivity contribution >= 4 is 16.8 Å². The molecule has 3 heteroatoms.